The van der Waals surface area contributed by atoms with Crippen LogP contribution in [0.25, 0.3) is 0 Å². The summed E-state index contributed by atoms with van der Waals surface area (Å²) in [5, 5.41) is 8.89. The van der Waals surface area contributed by atoms with Gasteiger partial charge >= 0.3 is 6.03 Å². The minimum Gasteiger partial charge on any atom is -0.354 e. The molecule has 4 amide bonds. The van der Waals surface area contributed by atoms with E-state index in [9.17, 15) is 14.4 Å². The first-order valence-corrected chi connectivity index (χ1v) is 11.8. The van der Waals surface area contributed by atoms with Crippen LogP contribution in [0.4, 0.5) is 4.79 Å². The second-order valence-corrected chi connectivity index (χ2v) is 9.74. The molecule has 8 heteroatoms. The number of amides is 4. The Morgan fingerprint density at radius 1 is 1.16 bits per heavy atom. The van der Waals surface area contributed by atoms with Crippen LogP contribution >= 0.6 is 0 Å². The highest BCUT2D eigenvalue weighted by atomic mass is 16.2. The van der Waals surface area contributed by atoms with Gasteiger partial charge in [-0.3, -0.25) is 14.5 Å². The van der Waals surface area contributed by atoms with Crippen molar-refractivity contribution in [2.75, 3.05) is 19.6 Å². The van der Waals surface area contributed by atoms with E-state index in [1.807, 2.05) is 30.9 Å². The van der Waals surface area contributed by atoms with Gasteiger partial charge in [0.2, 0.25) is 11.8 Å². The second-order valence-electron chi connectivity index (χ2n) is 9.74. The molecule has 174 valence electrons. The number of carbonyl (C=O) groups is 3. The number of carbonyl (C=O) groups excluding carboxylic acids is 3. The van der Waals surface area contributed by atoms with Gasteiger partial charge in [-0.25, -0.2) is 4.79 Å². The predicted molar refractivity (Wildman–Crippen MR) is 122 cm³/mol. The summed E-state index contributed by atoms with van der Waals surface area (Å²) in [6.45, 7) is 8.16. The van der Waals surface area contributed by atoms with Crippen molar-refractivity contribution in [2.45, 2.75) is 70.7 Å². The maximum atomic E-state index is 13.5. The maximum Gasteiger partial charge on any atom is 0.315 e. The molecule has 1 aromatic rings. The van der Waals surface area contributed by atoms with Crippen molar-refractivity contribution in [1.82, 2.24) is 25.8 Å². The molecule has 1 aliphatic carbocycles. The van der Waals surface area contributed by atoms with Crippen LogP contribution in [0, 0.1) is 12.8 Å². The lowest BCUT2D eigenvalue weighted by Gasteiger charge is -2.43. The number of urea groups is 1. The fourth-order valence-corrected chi connectivity index (χ4v) is 4.78. The molecule has 4 rings (SSSR count). The van der Waals surface area contributed by atoms with Crippen LogP contribution in [0.3, 0.4) is 0 Å². The van der Waals surface area contributed by atoms with E-state index in [0.717, 1.165) is 25.8 Å². The van der Waals surface area contributed by atoms with Crippen molar-refractivity contribution in [1.29, 1.82) is 0 Å². The molecule has 2 aliphatic heterocycles. The number of hydrogen-bond donors (Lipinski definition) is 3. The molecule has 0 bridgehead atoms. The van der Waals surface area contributed by atoms with Crippen molar-refractivity contribution in [2.24, 2.45) is 5.92 Å². The maximum absolute atomic E-state index is 13.5. The number of rotatable bonds is 7. The van der Waals surface area contributed by atoms with Crippen LogP contribution in [-0.2, 0) is 16.1 Å². The zero-order valence-electron chi connectivity index (χ0n) is 19.3. The molecular weight excluding hydrogens is 406 g/mol. The molecule has 0 radical (unpaired) electrons. The highest BCUT2D eigenvalue weighted by molar-refractivity contribution is 5.86. The summed E-state index contributed by atoms with van der Waals surface area (Å²) < 4.78 is 0. The summed E-state index contributed by atoms with van der Waals surface area (Å²) >= 11 is 0. The van der Waals surface area contributed by atoms with Gasteiger partial charge in [-0.1, -0.05) is 24.3 Å². The lowest BCUT2D eigenvalue weighted by molar-refractivity contribution is -0.144. The molecule has 1 saturated carbocycles. The highest BCUT2D eigenvalue weighted by Crippen LogP contribution is 2.30. The number of aryl methyl sites for hydroxylation is 1. The van der Waals surface area contributed by atoms with E-state index < -0.39 is 6.04 Å². The van der Waals surface area contributed by atoms with E-state index in [-0.39, 0.29) is 41.9 Å². The lowest BCUT2D eigenvalue weighted by atomic mass is 10.0. The van der Waals surface area contributed by atoms with E-state index in [1.165, 1.54) is 11.1 Å². The fourth-order valence-electron chi connectivity index (χ4n) is 4.78. The molecule has 8 nitrogen and oxygen atoms in total. The molecule has 0 aromatic heterocycles. The van der Waals surface area contributed by atoms with Gasteiger partial charge in [0.1, 0.15) is 6.04 Å². The molecule has 32 heavy (non-hydrogen) atoms. The largest absolute Gasteiger partial charge is 0.354 e. The molecule has 2 saturated heterocycles. The number of nitrogens with one attached hydrogen (secondary N) is 3. The predicted octanol–water partition coefficient (Wildman–Crippen LogP) is 1.38. The summed E-state index contributed by atoms with van der Waals surface area (Å²) in [5.74, 6) is 0.215. The molecular formula is C24H35N5O3. The van der Waals surface area contributed by atoms with E-state index in [0.29, 0.717) is 19.6 Å². The fraction of sp³-hybridized carbons (Fsp3) is 0.625. The van der Waals surface area contributed by atoms with Crippen molar-refractivity contribution in [3.8, 4) is 0 Å². The Bertz CT molecular complexity index is 869. The van der Waals surface area contributed by atoms with Crippen LogP contribution in [0.5, 0.6) is 0 Å². The minimum atomic E-state index is -0.392. The number of hydrogen-bond acceptors (Lipinski definition) is 4. The molecule has 0 spiro atoms. The highest BCUT2D eigenvalue weighted by Gasteiger charge is 2.46. The Kier molecular flexibility index (Phi) is 6.69. The summed E-state index contributed by atoms with van der Waals surface area (Å²) in [7, 11) is 0. The number of fused-ring (bicyclic) bond motifs is 1. The van der Waals surface area contributed by atoms with Crippen LogP contribution in [0.2, 0.25) is 0 Å². The number of nitrogens with zero attached hydrogens (tertiary/aromatic N) is 2. The van der Waals surface area contributed by atoms with Crippen LogP contribution in [0.1, 0.15) is 44.2 Å². The average molecular weight is 442 g/mol. The monoisotopic (exact) mass is 441 g/mol. The van der Waals surface area contributed by atoms with Gasteiger partial charge in [0, 0.05) is 44.2 Å². The molecule has 0 unspecified atom stereocenters. The van der Waals surface area contributed by atoms with Gasteiger partial charge in [0.25, 0.3) is 0 Å². The molecule has 3 aliphatic rings. The van der Waals surface area contributed by atoms with Gasteiger partial charge in [-0.15, -0.1) is 0 Å². The van der Waals surface area contributed by atoms with E-state index >= 15 is 0 Å². The Morgan fingerprint density at radius 2 is 1.91 bits per heavy atom. The topological polar surface area (TPSA) is 93.8 Å². The summed E-state index contributed by atoms with van der Waals surface area (Å²) in [6, 6.07) is 7.69. The van der Waals surface area contributed by atoms with E-state index in [1.54, 1.807) is 0 Å². The standard InChI is InChI=1S/C24H35N5O3/c1-15(2)26-24(32)27-19-10-20-14-28(12-18-7-5-4-6-16(18)3)21(23(31)29(20)13-19)11-25-22(30)17-8-9-17/h4-7,15,17,19-21H,8-14H2,1-3H3,(H,25,30)(H2,26,27,32)/t19-,20-,21-/m0/s1. The van der Waals surface area contributed by atoms with Crippen LogP contribution in [-0.4, -0.2) is 71.4 Å². The van der Waals surface area contributed by atoms with Crippen molar-refractivity contribution in [3.05, 3.63) is 35.4 Å². The van der Waals surface area contributed by atoms with Crippen LogP contribution < -0.4 is 16.0 Å². The van der Waals surface area contributed by atoms with Gasteiger partial charge < -0.3 is 20.9 Å². The third-order valence-electron chi connectivity index (χ3n) is 6.68. The normalized spacial score (nSPS) is 25.6. The van der Waals surface area contributed by atoms with Crippen LogP contribution in [0.15, 0.2) is 24.3 Å². The first kappa shape index (κ1) is 22.6. The molecule has 1 aromatic carbocycles. The molecule has 3 atom stereocenters. The van der Waals surface area contributed by atoms with Crippen molar-refractivity contribution >= 4 is 17.8 Å². The minimum absolute atomic E-state index is 0.0412. The number of piperazine rings is 1. The Labute approximate surface area is 190 Å². The smallest absolute Gasteiger partial charge is 0.315 e. The summed E-state index contributed by atoms with van der Waals surface area (Å²) in [4.78, 5) is 42.0. The van der Waals surface area contributed by atoms with E-state index in [4.69, 9.17) is 0 Å². The zero-order chi connectivity index (χ0) is 22.8. The molecule has 3 fully saturated rings. The SMILES string of the molecule is Cc1ccccc1CN1C[C@@H]2C[C@H](NC(=O)NC(C)C)CN2C(=O)[C@@H]1CNC(=O)C1CC1. The first-order valence-electron chi connectivity index (χ1n) is 11.8. The Morgan fingerprint density at radius 3 is 2.59 bits per heavy atom. The zero-order valence-corrected chi connectivity index (χ0v) is 19.3. The Hall–Kier alpha value is -2.61. The quantitative estimate of drug-likeness (QED) is 0.596. The summed E-state index contributed by atoms with van der Waals surface area (Å²) in [6.07, 6.45) is 2.62. The second kappa shape index (κ2) is 9.48. The van der Waals surface area contributed by atoms with Crippen molar-refractivity contribution in [3.63, 3.8) is 0 Å². The summed E-state index contributed by atoms with van der Waals surface area (Å²) in [5.41, 5.74) is 2.38. The Balaban J connectivity index is 1.46. The average Bonchev–Trinajstić information content (AvgIpc) is 3.50. The third-order valence-corrected chi connectivity index (χ3v) is 6.68. The van der Waals surface area contributed by atoms with Gasteiger partial charge in [0.15, 0.2) is 0 Å². The molecule has 2 heterocycles. The van der Waals surface area contributed by atoms with Crippen molar-refractivity contribution < 1.29 is 14.4 Å². The third kappa shape index (κ3) is 5.23. The molecule has 3 N–H and O–H groups in total. The van der Waals surface area contributed by atoms with E-state index in [2.05, 4.69) is 39.9 Å². The van der Waals surface area contributed by atoms with Gasteiger partial charge in [0.05, 0.1) is 6.04 Å². The van der Waals surface area contributed by atoms with Gasteiger partial charge in [-0.2, -0.15) is 0 Å². The number of benzene rings is 1. The lowest BCUT2D eigenvalue weighted by Crippen LogP contribution is -2.62. The van der Waals surface area contributed by atoms with Gasteiger partial charge in [-0.05, 0) is 51.2 Å². The first-order chi connectivity index (χ1) is 15.3.